The van der Waals surface area contributed by atoms with Gasteiger partial charge in [0.15, 0.2) is 0 Å². The van der Waals surface area contributed by atoms with Crippen LogP contribution in [0.1, 0.15) is 41.3 Å². The van der Waals surface area contributed by atoms with Crippen LogP contribution in [0.2, 0.25) is 0 Å². The van der Waals surface area contributed by atoms with Gasteiger partial charge in [0.05, 0.1) is 12.7 Å². The molecule has 2 aromatic carbocycles. The summed E-state index contributed by atoms with van der Waals surface area (Å²) in [5.41, 5.74) is 2.51. The molecule has 0 aliphatic heterocycles. The molecule has 0 unspecified atom stereocenters. The molecule has 0 saturated carbocycles. The number of carbonyl (C=O) groups is 1. The largest absolute Gasteiger partial charge is 0.489 e. The lowest BCUT2D eigenvalue weighted by Gasteiger charge is -2.11. The zero-order chi connectivity index (χ0) is 18.7. The van der Waals surface area contributed by atoms with Crippen molar-refractivity contribution >= 4 is 16.9 Å². The fourth-order valence-electron chi connectivity index (χ4n) is 2.76. The molecule has 26 heavy (non-hydrogen) atoms. The number of methoxy groups -OCH3 is 1. The maximum absolute atomic E-state index is 11.8. The van der Waals surface area contributed by atoms with E-state index in [0.717, 1.165) is 16.5 Å². The molecule has 0 amide bonds. The second kappa shape index (κ2) is 7.44. The van der Waals surface area contributed by atoms with Gasteiger partial charge in [-0.15, -0.1) is 0 Å². The molecule has 0 radical (unpaired) electrons. The number of rotatable bonds is 5. The lowest BCUT2D eigenvalue weighted by molar-refractivity contribution is 0.0600. The topological polar surface area (TPSA) is 65.7 Å². The van der Waals surface area contributed by atoms with E-state index in [4.69, 9.17) is 9.15 Å². The van der Waals surface area contributed by atoms with Gasteiger partial charge in [-0.1, -0.05) is 26.0 Å². The SMILES string of the molecule is COC(=O)c1ccc(COc2ccc3c(C(C)C)cc(=O)oc3c2)cc1. The van der Waals surface area contributed by atoms with Crippen LogP contribution in [-0.2, 0) is 11.3 Å². The van der Waals surface area contributed by atoms with Crippen molar-refractivity contribution in [1.82, 2.24) is 0 Å². The van der Waals surface area contributed by atoms with Gasteiger partial charge in [-0.3, -0.25) is 0 Å². The predicted octanol–water partition coefficient (Wildman–Crippen LogP) is 4.28. The third-order valence-corrected chi connectivity index (χ3v) is 4.15. The molecule has 5 nitrogen and oxygen atoms in total. The zero-order valence-corrected chi connectivity index (χ0v) is 14.9. The Bertz CT molecular complexity index is 983. The molecule has 1 heterocycles. The molecule has 134 valence electrons. The molecule has 0 saturated heterocycles. The average molecular weight is 352 g/mol. The van der Waals surface area contributed by atoms with Crippen molar-refractivity contribution in [2.75, 3.05) is 7.11 Å². The van der Waals surface area contributed by atoms with Crippen LogP contribution in [0.3, 0.4) is 0 Å². The van der Waals surface area contributed by atoms with Crippen molar-refractivity contribution in [3.05, 3.63) is 75.6 Å². The lowest BCUT2D eigenvalue weighted by atomic mass is 10.00. The Kier molecular flexibility index (Phi) is 5.07. The minimum absolute atomic E-state index is 0.224. The van der Waals surface area contributed by atoms with E-state index in [1.165, 1.54) is 13.2 Å². The van der Waals surface area contributed by atoms with E-state index in [2.05, 4.69) is 4.74 Å². The highest BCUT2D eigenvalue weighted by molar-refractivity contribution is 5.89. The summed E-state index contributed by atoms with van der Waals surface area (Å²) in [5.74, 6) is 0.461. The summed E-state index contributed by atoms with van der Waals surface area (Å²) >= 11 is 0. The summed E-state index contributed by atoms with van der Waals surface area (Å²) in [4.78, 5) is 23.2. The maximum atomic E-state index is 11.8. The minimum Gasteiger partial charge on any atom is -0.489 e. The third-order valence-electron chi connectivity index (χ3n) is 4.15. The fourth-order valence-corrected chi connectivity index (χ4v) is 2.76. The van der Waals surface area contributed by atoms with Crippen molar-refractivity contribution in [1.29, 1.82) is 0 Å². The van der Waals surface area contributed by atoms with Gasteiger partial charge in [-0.25, -0.2) is 9.59 Å². The molecule has 0 fully saturated rings. The van der Waals surface area contributed by atoms with Crippen molar-refractivity contribution in [2.45, 2.75) is 26.4 Å². The standard InChI is InChI=1S/C21H20O5/c1-13(2)18-11-20(22)26-19-10-16(8-9-17(18)19)25-12-14-4-6-15(7-5-14)21(23)24-3/h4-11,13H,12H2,1-3H3. The molecule has 3 rings (SSSR count). The maximum Gasteiger partial charge on any atom is 0.337 e. The van der Waals surface area contributed by atoms with E-state index >= 15 is 0 Å². The van der Waals surface area contributed by atoms with Gasteiger partial charge in [0.2, 0.25) is 0 Å². The van der Waals surface area contributed by atoms with Crippen molar-refractivity contribution in [3.63, 3.8) is 0 Å². The number of carbonyl (C=O) groups excluding carboxylic acids is 1. The van der Waals surface area contributed by atoms with Crippen LogP contribution in [0.15, 0.2) is 57.7 Å². The van der Waals surface area contributed by atoms with Gasteiger partial charge >= 0.3 is 11.6 Å². The molecule has 1 aromatic heterocycles. The lowest BCUT2D eigenvalue weighted by Crippen LogP contribution is -2.03. The molecule has 0 N–H and O–H groups in total. The minimum atomic E-state index is -0.372. The molecular weight excluding hydrogens is 332 g/mol. The Balaban J connectivity index is 1.79. The number of fused-ring (bicyclic) bond motifs is 1. The summed E-state index contributed by atoms with van der Waals surface area (Å²) in [7, 11) is 1.35. The van der Waals surface area contributed by atoms with Crippen LogP contribution < -0.4 is 10.4 Å². The van der Waals surface area contributed by atoms with E-state index in [-0.39, 0.29) is 17.5 Å². The molecule has 0 aliphatic rings. The van der Waals surface area contributed by atoms with Crippen LogP contribution in [-0.4, -0.2) is 13.1 Å². The fraction of sp³-hybridized carbons (Fsp3) is 0.238. The summed E-state index contributed by atoms with van der Waals surface area (Å²) in [6.45, 7) is 4.41. The van der Waals surface area contributed by atoms with Gasteiger partial charge in [0.1, 0.15) is 17.9 Å². The Morgan fingerprint density at radius 3 is 2.46 bits per heavy atom. The Labute approximate surface area is 151 Å². The van der Waals surface area contributed by atoms with Gasteiger partial charge in [0, 0.05) is 17.5 Å². The second-order valence-electron chi connectivity index (χ2n) is 6.31. The molecule has 0 bridgehead atoms. The van der Waals surface area contributed by atoms with Gasteiger partial charge in [-0.05, 0) is 41.3 Å². The highest BCUT2D eigenvalue weighted by Crippen LogP contribution is 2.27. The van der Waals surface area contributed by atoms with Gasteiger partial charge < -0.3 is 13.9 Å². The zero-order valence-electron chi connectivity index (χ0n) is 14.9. The van der Waals surface area contributed by atoms with E-state index in [9.17, 15) is 9.59 Å². The summed E-state index contributed by atoms with van der Waals surface area (Å²) in [5, 5.41) is 0.911. The molecule has 0 spiro atoms. The normalized spacial score (nSPS) is 10.9. The number of benzene rings is 2. The van der Waals surface area contributed by atoms with E-state index < -0.39 is 0 Å². The van der Waals surface area contributed by atoms with Crippen LogP contribution in [0, 0.1) is 0 Å². The summed E-state index contributed by atoms with van der Waals surface area (Å²) in [6, 6.07) is 14.0. The average Bonchev–Trinajstić information content (AvgIpc) is 2.65. The predicted molar refractivity (Wildman–Crippen MR) is 98.7 cm³/mol. The van der Waals surface area contributed by atoms with E-state index in [0.29, 0.717) is 23.5 Å². The Hall–Kier alpha value is -3.08. The van der Waals surface area contributed by atoms with E-state index in [1.54, 1.807) is 18.2 Å². The van der Waals surface area contributed by atoms with Crippen LogP contribution in [0.5, 0.6) is 5.75 Å². The van der Waals surface area contributed by atoms with Crippen molar-refractivity contribution in [2.24, 2.45) is 0 Å². The number of hydrogen-bond acceptors (Lipinski definition) is 5. The first-order valence-electron chi connectivity index (χ1n) is 8.36. The van der Waals surface area contributed by atoms with Crippen molar-refractivity contribution < 1.29 is 18.7 Å². The Morgan fingerprint density at radius 1 is 1.08 bits per heavy atom. The number of esters is 1. The Morgan fingerprint density at radius 2 is 1.81 bits per heavy atom. The molecule has 3 aromatic rings. The van der Waals surface area contributed by atoms with Crippen molar-refractivity contribution in [3.8, 4) is 5.75 Å². The monoisotopic (exact) mass is 352 g/mol. The molecule has 0 atom stereocenters. The van der Waals surface area contributed by atoms with E-state index in [1.807, 2.05) is 38.1 Å². The highest BCUT2D eigenvalue weighted by Gasteiger charge is 2.10. The van der Waals surface area contributed by atoms with Crippen LogP contribution in [0.25, 0.3) is 11.0 Å². The summed E-state index contributed by atoms with van der Waals surface area (Å²) in [6.07, 6.45) is 0. The quantitative estimate of drug-likeness (QED) is 0.506. The van der Waals surface area contributed by atoms with Crippen LogP contribution >= 0.6 is 0 Å². The second-order valence-corrected chi connectivity index (χ2v) is 6.31. The van der Waals surface area contributed by atoms with Gasteiger partial charge in [-0.2, -0.15) is 0 Å². The molecular formula is C21H20O5. The number of ether oxygens (including phenoxy) is 2. The summed E-state index contributed by atoms with van der Waals surface area (Å²) < 4.78 is 15.8. The smallest absolute Gasteiger partial charge is 0.337 e. The first-order valence-corrected chi connectivity index (χ1v) is 8.36. The third kappa shape index (κ3) is 3.77. The first kappa shape index (κ1) is 17.7. The first-order chi connectivity index (χ1) is 12.5. The van der Waals surface area contributed by atoms with Gasteiger partial charge in [0.25, 0.3) is 0 Å². The number of hydrogen-bond donors (Lipinski definition) is 0. The molecule has 5 heteroatoms. The van der Waals surface area contributed by atoms with Crippen LogP contribution in [0.4, 0.5) is 0 Å². The molecule has 0 aliphatic carbocycles. The highest BCUT2D eigenvalue weighted by atomic mass is 16.5.